The Bertz CT molecular complexity index is 529. The number of thiophene rings is 1. The number of anilines is 1. The maximum Gasteiger partial charge on any atom is 0.141 e. The van der Waals surface area contributed by atoms with Crippen LogP contribution in [0.4, 0.5) is 10.2 Å². The zero-order valence-corrected chi connectivity index (χ0v) is 11.4. The molecule has 1 aliphatic rings. The molecule has 0 bridgehead atoms. The number of hydrogen-bond acceptors (Lipinski definition) is 4. The molecule has 0 unspecified atom stereocenters. The number of morpholine rings is 1. The molecule has 0 amide bonds. The van der Waals surface area contributed by atoms with E-state index in [-0.39, 0.29) is 18.0 Å². The van der Waals surface area contributed by atoms with E-state index in [1.54, 1.807) is 17.4 Å². The lowest BCUT2D eigenvalue weighted by Crippen LogP contribution is -2.43. The summed E-state index contributed by atoms with van der Waals surface area (Å²) >= 11 is 1.67. The zero-order valence-electron chi connectivity index (χ0n) is 10.6. The van der Waals surface area contributed by atoms with Gasteiger partial charge in [0.25, 0.3) is 0 Å². The van der Waals surface area contributed by atoms with Crippen LogP contribution in [0, 0.1) is 5.82 Å². The summed E-state index contributed by atoms with van der Waals surface area (Å²) in [7, 11) is 0. The molecule has 1 saturated heterocycles. The summed E-state index contributed by atoms with van der Waals surface area (Å²) in [6.07, 6.45) is 1.45. The highest BCUT2D eigenvalue weighted by Gasteiger charge is 2.27. The fourth-order valence-electron chi connectivity index (χ4n) is 2.34. The van der Waals surface area contributed by atoms with Crippen molar-refractivity contribution in [3.8, 4) is 0 Å². The van der Waals surface area contributed by atoms with Crippen LogP contribution in [-0.4, -0.2) is 24.2 Å². The van der Waals surface area contributed by atoms with E-state index >= 15 is 0 Å². The smallest absolute Gasteiger partial charge is 0.141 e. The van der Waals surface area contributed by atoms with Gasteiger partial charge in [-0.1, -0.05) is 0 Å². The first-order valence-electron chi connectivity index (χ1n) is 6.26. The molecule has 0 aromatic carbocycles. The average Bonchev–Trinajstić information content (AvgIpc) is 2.93. The molecule has 0 aliphatic carbocycles. The van der Waals surface area contributed by atoms with Gasteiger partial charge in [0.05, 0.1) is 12.3 Å². The van der Waals surface area contributed by atoms with Crippen LogP contribution in [0.5, 0.6) is 0 Å². The molecular formula is C14H15FN2OS. The fraction of sp³-hybridized carbons (Fsp3) is 0.357. The highest BCUT2D eigenvalue weighted by molar-refractivity contribution is 7.07. The van der Waals surface area contributed by atoms with E-state index in [0.29, 0.717) is 0 Å². The second-order valence-electron chi connectivity index (χ2n) is 4.73. The Hall–Kier alpha value is -1.46. The second kappa shape index (κ2) is 5.27. The van der Waals surface area contributed by atoms with Gasteiger partial charge in [0.15, 0.2) is 0 Å². The molecule has 3 heterocycles. The molecular weight excluding hydrogens is 263 g/mol. The van der Waals surface area contributed by atoms with Crippen LogP contribution in [0.25, 0.3) is 0 Å². The van der Waals surface area contributed by atoms with Crippen LogP contribution in [0.15, 0.2) is 35.2 Å². The number of ether oxygens (including phenoxy) is 1. The Morgan fingerprint density at radius 2 is 2.26 bits per heavy atom. The Balaban J connectivity index is 1.80. The summed E-state index contributed by atoms with van der Waals surface area (Å²) in [6, 6.07) is 5.25. The van der Waals surface area contributed by atoms with Gasteiger partial charge in [0.1, 0.15) is 17.7 Å². The van der Waals surface area contributed by atoms with Crippen molar-refractivity contribution in [1.29, 1.82) is 0 Å². The first-order chi connectivity index (χ1) is 9.22. The third-order valence-corrected chi connectivity index (χ3v) is 3.91. The molecule has 100 valence electrons. The van der Waals surface area contributed by atoms with Crippen LogP contribution in [-0.2, 0) is 4.74 Å². The Morgan fingerprint density at radius 3 is 2.95 bits per heavy atom. The van der Waals surface area contributed by atoms with Crippen LogP contribution in [0.1, 0.15) is 18.6 Å². The SMILES string of the molecule is C[C@@H]1CN(c2ccc(F)cn2)C[C@@H](c2ccsc2)O1. The van der Waals surface area contributed by atoms with E-state index in [1.807, 2.05) is 0 Å². The molecule has 3 nitrogen and oxygen atoms in total. The van der Waals surface area contributed by atoms with Crippen LogP contribution < -0.4 is 4.90 Å². The monoisotopic (exact) mass is 278 g/mol. The maximum atomic E-state index is 12.9. The molecule has 2 aromatic heterocycles. The van der Waals surface area contributed by atoms with Gasteiger partial charge in [0.2, 0.25) is 0 Å². The molecule has 1 aliphatic heterocycles. The predicted octanol–water partition coefficient (Wildman–Crippen LogP) is 3.25. The van der Waals surface area contributed by atoms with Crippen molar-refractivity contribution >= 4 is 17.2 Å². The summed E-state index contributed by atoms with van der Waals surface area (Å²) in [5, 5.41) is 4.16. The molecule has 5 heteroatoms. The van der Waals surface area contributed by atoms with Crippen molar-refractivity contribution in [2.24, 2.45) is 0 Å². The number of nitrogens with zero attached hydrogens (tertiary/aromatic N) is 2. The fourth-order valence-corrected chi connectivity index (χ4v) is 3.04. The van der Waals surface area contributed by atoms with Gasteiger partial charge in [-0.05, 0) is 41.4 Å². The molecule has 0 saturated carbocycles. The lowest BCUT2D eigenvalue weighted by atomic mass is 10.1. The third kappa shape index (κ3) is 2.77. The molecule has 3 rings (SSSR count). The van der Waals surface area contributed by atoms with Gasteiger partial charge < -0.3 is 9.64 Å². The van der Waals surface area contributed by atoms with E-state index in [9.17, 15) is 4.39 Å². The van der Waals surface area contributed by atoms with Gasteiger partial charge >= 0.3 is 0 Å². The highest BCUT2D eigenvalue weighted by Crippen LogP contribution is 2.28. The number of rotatable bonds is 2. The Morgan fingerprint density at radius 1 is 1.37 bits per heavy atom. The molecule has 2 aromatic rings. The van der Waals surface area contributed by atoms with E-state index in [1.165, 1.54) is 17.8 Å². The lowest BCUT2D eigenvalue weighted by molar-refractivity contribution is -0.0174. The lowest BCUT2D eigenvalue weighted by Gasteiger charge is -2.37. The van der Waals surface area contributed by atoms with Gasteiger partial charge in [-0.2, -0.15) is 11.3 Å². The summed E-state index contributed by atoms with van der Waals surface area (Å²) < 4.78 is 18.9. The summed E-state index contributed by atoms with van der Waals surface area (Å²) in [5.41, 5.74) is 1.20. The van der Waals surface area contributed by atoms with Crippen molar-refractivity contribution in [2.45, 2.75) is 19.1 Å². The molecule has 19 heavy (non-hydrogen) atoms. The minimum Gasteiger partial charge on any atom is -0.367 e. The second-order valence-corrected chi connectivity index (χ2v) is 5.51. The van der Waals surface area contributed by atoms with Gasteiger partial charge in [0, 0.05) is 13.1 Å². The zero-order chi connectivity index (χ0) is 13.2. The number of pyridine rings is 1. The van der Waals surface area contributed by atoms with E-state index < -0.39 is 0 Å². The third-order valence-electron chi connectivity index (χ3n) is 3.21. The molecule has 1 fully saturated rings. The topological polar surface area (TPSA) is 25.4 Å². The van der Waals surface area contributed by atoms with Gasteiger partial charge in [-0.15, -0.1) is 0 Å². The first kappa shape index (κ1) is 12.6. The van der Waals surface area contributed by atoms with Crippen molar-refractivity contribution in [1.82, 2.24) is 4.98 Å². The van der Waals surface area contributed by atoms with Gasteiger partial charge in [-0.25, -0.2) is 9.37 Å². The van der Waals surface area contributed by atoms with Crippen LogP contribution in [0.3, 0.4) is 0 Å². The standard InChI is InChI=1S/C14H15FN2OS/c1-10-7-17(14-3-2-12(15)6-16-14)8-13(18-10)11-4-5-19-9-11/h2-6,9-10,13H,7-8H2,1H3/t10-,13+/m1/s1. The Labute approximate surface area is 115 Å². The van der Waals surface area contributed by atoms with Crippen LogP contribution in [0.2, 0.25) is 0 Å². The minimum atomic E-state index is -0.306. The quantitative estimate of drug-likeness (QED) is 0.843. The minimum absolute atomic E-state index is 0.0573. The molecule has 0 radical (unpaired) electrons. The van der Waals surface area contributed by atoms with E-state index in [0.717, 1.165) is 18.9 Å². The summed E-state index contributed by atoms with van der Waals surface area (Å²) in [6.45, 7) is 3.58. The predicted molar refractivity (Wildman–Crippen MR) is 74.0 cm³/mol. The number of aromatic nitrogens is 1. The van der Waals surface area contributed by atoms with E-state index in [2.05, 4.69) is 33.6 Å². The number of halogens is 1. The average molecular weight is 278 g/mol. The number of hydrogen-bond donors (Lipinski definition) is 0. The van der Waals surface area contributed by atoms with Crippen LogP contribution >= 0.6 is 11.3 Å². The normalized spacial score (nSPS) is 23.6. The summed E-state index contributed by atoms with van der Waals surface area (Å²) in [5.74, 6) is 0.497. The molecule has 2 atom stereocenters. The van der Waals surface area contributed by atoms with Crippen molar-refractivity contribution in [3.63, 3.8) is 0 Å². The summed E-state index contributed by atoms with van der Waals surface area (Å²) in [4.78, 5) is 6.30. The van der Waals surface area contributed by atoms with Crippen molar-refractivity contribution in [3.05, 3.63) is 46.5 Å². The largest absolute Gasteiger partial charge is 0.367 e. The van der Waals surface area contributed by atoms with Crippen molar-refractivity contribution in [2.75, 3.05) is 18.0 Å². The highest BCUT2D eigenvalue weighted by atomic mass is 32.1. The molecule has 0 N–H and O–H groups in total. The van der Waals surface area contributed by atoms with Gasteiger partial charge in [-0.3, -0.25) is 0 Å². The van der Waals surface area contributed by atoms with E-state index in [4.69, 9.17) is 4.74 Å². The first-order valence-corrected chi connectivity index (χ1v) is 7.21. The Kier molecular flexibility index (Phi) is 3.48. The molecule has 0 spiro atoms. The van der Waals surface area contributed by atoms with Crippen molar-refractivity contribution < 1.29 is 9.13 Å². The maximum absolute atomic E-state index is 12.9.